The van der Waals surface area contributed by atoms with Crippen molar-refractivity contribution in [3.05, 3.63) is 76.5 Å². The minimum Gasteiger partial charge on any atom is -0.386 e. The van der Waals surface area contributed by atoms with Crippen molar-refractivity contribution in [3.63, 3.8) is 0 Å². The normalized spacial score (nSPS) is 20.1. The maximum atomic E-state index is 14.6. The molecule has 5 rings (SSSR count). The molecule has 0 bridgehead atoms. The van der Waals surface area contributed by atoms with Crippen LogP contribution in [0.5, 0.6) is 0 Å². The molecule has 4 heterocycles. The topological polar surface area (TPSA) is 116 Å². The summed E-state index contributed by atoms with van der Waals surface area (Å²) in [6, 6.07) is 7.39. The molecule has 0 aliphatic carbocycles. The van der Waals surface area contributed by atoms with Crippen molar-refractivity contribution >= 4 is 17.7 Å². The lowest BCUT2D eigenvalue weighted by Crippen LogP contribution is -2.46. The number of rotatable bonds is 5. The van der Waals surface area contributed by atoms with Crippen LogP contribution in [0.3, 0.4) is 0 Å². The second kappa shape index (κ2) is 10.3. The van der Waals surface area contributed by atoms with Crippen LogP contribution in [0, 0.1) is 5.82 Å². The number of hydrogen-bond acceptors (Lipinski definition) is 6. The van der Waals surface area contributed by atoms with Crippen molar-refractivity contribution in [3.8, 4) is 0 Å². The molecule has 0 saturated carbocycles. The molecular formula is C26H27FN6O3. The van der Waals surface area contributed by atoms with Gasteiger partial charge in [-0.15, -0.1) is 5.11 Å². The second-order valence-corrected chi connectivity index (χ2v) is 9.26. The molecule has 2 aromatic rings. The molecular weight excluding hydrogens is 463 g/mol. The summed E-state index contributed by atoms with van der Waals surface area (Å²) in [7, 11) is 0. The smallest absolute Gasteiger partial charge is 0.292 e. The number of likely N-dealkylation sites (tertiary alicyclic amines) is 1. The molecule has 3 aliphatic rings. The number of amides is 3. The van der Waals surface area contributed by atoms with Crippen molar-refractivity contribution in [2.75, 3.05) is 19.6 Å². The summed E-state index contributed by atoms with van der Waals surface area (Å²) in [4.78, 5) is 43.3. The summed E-state index contributed by atoms with van der Waals surface area (Å²) in [5, 5.41) is 14.1. The lowest BCUT2D eigenvalue weighted by molar-refractivity contribution is -0.115. The van der Waals surface area contributed by atoms with E-state index < -0.39 is 11.7 Å². The molecule has 1 aromatic carbocycles. The summed E-state index contributed by atoms with van der Waals surface area (Å²) in [5.41, 5.74) is 2.68. The minimum atomic E-state index is -0.600. The monoisotopic (exact) mass is 490 g/mol. The van der Waals surface area contributed by atoms with E-state index in [-0.39, 0.29) is 29.5 Å². The van der Waals surface area contributed by atoms with Gasteiger partial charge in [0.2, 0.25) is 0 Å². The number of nitrogens with zero attached hydrogens (tertiary/aromatic N) is 4. The molecule has 9 nitrogen and oxygen atoms in total. The molecule has 1 unspecified atom stereocenters. The van der Waals surface area contributed by atoms with Crippen molar-refractivity contribution < 1.29 is 18.8 Å². The predicted molar refractivity (Wildman–Crippen MR) is 129 cm³/mol. The number of azo groups is 1. The summed E-state index contributed by atoms with van der Waals surface area (Å²) in [6.07, 6.45) is 6.26. The number of halogens is 1. The molecule has 1 atom stereocenters. The molecule has 0 spiro atoms. The number of piperidine rings is 1. The maximum Gasteiger partial charge on any atom is 0.292 e. The van der Waals surface area contributed by atoms with Gasteiger partial charge < -0.3 is 15.5 Å². The first-order chi connectivity index (χ1) is 17.5. The highest BCUT2D eigenvalue weighted by molar-refractivity contribution is 5.96. The fraction of sp³-hybridized carbons (Fsp3) is 0.385. The van der Waals surface area contributed by atoms with Gasteiger partial charge in [-0.1, -0.05) is 6.07 Å². The van der Waals surface area contributed by atoms with Gasteiger partial charge in [-0.25, -0.2) is 4.39 Å². The molecule has 1 fully saturated rings. The number of benzene rings is 1. The Kier molecular flexibility index (Phi) is 6.84. The van der Waals surface area contributed by atoms with E-state index in [9.17, 15) is 18.8 Å². The van der Waals surface area contributed by atoms with Gasteiger partial charge in [0.25, 0.3) is 17.7 Å². The van der Waals surface area contributed by atoms with Crippen molar-refractivity contribution in [1.82, 2.24) is 20.5 Å². The van der Waals surface area contributed by atoms with Crippen molar-refractivity contribution in [2.24, 2.45) is 10.2 Å². The average molecular weight is 491 g/mol. The second-order valence-electron chi connectivity index (χ2n) is 9.26. The largest absolute Gasteiger partial charge is 0.386 e. The highest BCUT2D eigenvalue weighted by Crippen LogP contribution is 2.27. The van der Waals surface area contributed by atoms with Gasteiger partial charge in [0.05, 0.1) is 11.1 Å². The van der Waals surface area contributed by atoms with Gasteiger partial charge in [0, 0.05) is 55.8 Å². The molecule has 1 saturated heterocycles. The molecule has 186 valence electrons. The number of carbonyl (C=O) groups is 3. The Hall–Kier alpha value is -3.95. The lowest BCUT2D eigenvalue weighted by atomic mass is 9.93. The van der Waals surface area contributed by atoms with Crippen molar-refractivity contribution in [2.45, 2.75) is 44.2 Å². The molecule has 3 aliphatic heterocycles. The van der Waals surface area contributed by atoms with Crippen LogP contribution in [0.25, 0.3) is 0 Å². The van der Waals surface area contributed by atoms with E-state index in [1.807, 2.05) is 0 Å². The number of pyridine rings is 1. The van der Waals surface area contributed by atoms with Crippen LogP contribution in [0.2, 0.25) is 0 Å². The maximum absolute atomic E-state index is 14.6. The van der Waals surface area contributed by atoms with Crippen LogP contribution < -0.4 is 10.6 Å². The Morgan fingerprint density at radius 2 is 2.03 bits per heavy atom. The third-order valence-corrected chi connectivity index (χ3v) is 6.85. The third-order valence-electron chi connectivity index (χ3n) is 6.85. The Morgan fingerprint density at radius 1 is 1.19 bits per heavy atom. The van der Waals surface area contributed by atoms with E-state index in [4.69, 9.17) is 0 Å². The number of carbonyl (C=O) groups excluding carboxylic acids is 3. The van der Waals surface area contributed by atoms with Gasteiger partial charge in [-0.2, -0.15) is 5.11 Å². The third kappa shape index (κ3) is 5.02. The summed E-state index contributed by atoms with van der Waals surface area (Å²) >= 11 is 0. The molecule has 0 radical (unpaired) electrons. The van der Waals surface area contributed by atoms with Gasteiger partial charge in [-0.05, 0) is 55.5 Å². The molecule has 2 N–H and O–H groups in total. The zero-order chi connectivity index (χ0) is 25.1. The standard InChI is InChI=1S/C26H27FN6O3/c27-21-6-5-16(14-22-23-19(4-2-10-29-23)25(35)32-31-22)13-20(21)24(34)30-18-7-11-33(12-8-18)26(36)17-3-1-9-28-15-17/h1,3,5-6,9,13,15,18,22,29H,2,4,7-8,10-12,14H2,(H,30,34). The SMILES string of the molecule is O=C1N=NC(Cc2ccc(F)c(C(=O)NC3CCN(C(=O)c4cccnc4)CC3)c2)C2=C1CCCN2. The molecule has 3 amide bonds. The average Bonchev–Trinajstić information content (AvgIpc) is 2.92. The molecule has 10 heteroatoms. The van der Waals surface area contributed by atoms with Crippen molar-refractivity contribution in [1.29, 1.82) is 0 Å². The first-order valence-corrected chi connectivity index (χ1v) is 12.2. The molecule has 1 aromatic heterocycles. The lowest BCUT2D eigenvalue weighted by Gasteiger charge is -2.32. The quantitative estimate of drug-likeness (QED) is 0.669. The zero-order valence-corrected chi connectivity index (χ0v) is 19.7. The minimum absolute atomic E-state index is 0.0315. The highest BCUT2D eigenvalue weighted by Gasteiger charge is 2.30. The fourth-order valence-corrected chi connectivity index (χ4v) is 4.91. The number of hydrogen-bond donors (Lipinski definition) is 2. The Balaban J connectivity index is 1.21. The zero-order valence-electron chi connectivity index (χ0n) is 19.7. The van der Waals surface area contributed by atoms with Gasteiger partial charge in [-0.3, -0.25) is 19.4 Å². The highest BCUT2D eigenvalue weighted by atomic mass is 19.1. The van der Waals surface area contributed by atoms with E-state index in [1.165, 1.54) is 6.07 Å². The molecule has 36 heavy (non-hydrogen) atoms. The predicted octanol–water partition coefficient (Wildman–Crippen LogP) is 2.80. The van der Waals surface area contributed by atoms with Crippen LogP contribution in [0.1, 0.15) is 52.0 Å². The van der Waals surface area contributed by atoms with E-state index >= 15 is 0 Å². The van der Waals surface area contributed by atoms with E-state index in [0.717, 1.165) is 24.2 Å². The Labute approximate surface area is 207 Å². The summed E-state index contributed by atoms with van der Waals surface area (Å²) in [6.45, 7) is 1.76. The van der Waals surface area contributed by atoms with Crippen LogP contribution >= 0.6 is 0 Å². The first kappa shape index (κ1) is 23.8. The van der Waals surface area contributed by atoms with Crippen LogP contribution in [0.4, 0.5) is 4.39 Å². The summed E-state index contributed by atoms with van der Waals surface area (Å²) < 4.78 is 14.6. The van der Waals surface area contributed by atoms with Crippen LogP contribution in [-0.4, -0.2) is 59.3 Å². The van der Waals surface area contributed by atoms with E-state index in [0.29, 0.717) is 49.9 Å². The fourth-order valence-electron chi connectivity index (χ4n) is 4.91. The number of aromatic nitrogens is 1. The first-order valence-electron chi connectivity index (χ1n) is 12.2. The Bertz CT molecular complexity index is 1240. The van der Waals surface area contributed by atoms with Crippen LogP contribution in [-0.2, 0) is 11.2 Å². The van der Waals surface area contributed by atoms with Gasteiger partial charge in [0.1, 0.15) is 11.9 Å². The van der Waals surface area contributed by atoms with Gasteiger partial charge >= 0.3 is 0 Å². The number of nitrogens with one attached hydrogen (secondary N) is 2. The van der Waals surface area contributed by atoms with Gasteiger partial charge in [0.15, 0.2) is 0 Å². The van der Waals surface area contributed by atoms with E-state index in [2.05, 4.69) is 25.8 Å². The van der Waals surface area contributed by atoms with Crippen LogP contribution in [0.15, 0.2) is 64.2 Å². The summed E-state index contributed by atoms with van der Waals surface area (Å²) in [5.74, 6) is -1.47. The van der Waals surface area contributed by atoms with E-state index in [1.54, 1.807) is 41.6 Å². The Morgan fingerprint density at radius 3 is 2.81 bits per heavy atom.